The van der Waals surface area contributed by atoms with E-state index in [-0.39, 0.29) is 97.6 Å². The number of aliphatic hydroxyl groups is 10. The quantitative estimate of drug-likeness (QED) is 0.0203. The van der Waals surface area contributed by atoms with Crippen molar-refractivity contribution in [2.75, 3.05) is 98.8 Å². The molecule has 0 bridgehead atoms. The van der Waals surface area contributed by atoms with Gasteiger partial charge in [0.05, 0.1) is 26.4 Å². The lowest BCUT2D eigenvalue weighted by Gasteiger charge is -2.42. The predicted octanol–water partition coefficient (Wildman–Crippen LogP) is -6.82. The first-order chi connectivity index (χ1) is 39.2. The Labute approximate surface area is 481 Å². The molecule has 83 heavy (non-hydrogen) atoms. The highest BCUT2D eigenvalue weighted by Gasteiger charge is 2.48. The molecule has 0 spiro atoms. The molecular weight excluding hydrogens is 1130 g/mol. The molecule has 3 rings (SSSR count). The maximum absolute atomic E-state index is 13.9. The normalized spacial score (nSPS) is 28.5. The molecule has 3 saturated heterocycles. The number of rotatable bonds is 37. The second-order valence-electron chi connectivity index (χ2n) is 20.8. The number of carbonyl (C=O) groups is 7. The van der Waals surface area contributed by atoms with Crippen molar-refractivity contribution >= 4 is 48.7 Å². The van der Waals surface area contributed by atoms with E-state index >= 15 is 0 Å². The van der Waals surface area contributed by atoms with Crippen LogP contribution in [0.5, 0.6) is 0 Å². The molecule has 3 fully saturated rings. The molecule has 3 heterocycles. The lowest BCUT2D eigenvalue weighted by atomic mass is 9.97. The summed E-state index contributed by atoms with van der Waals surface area (Å²) in [4.78, 5) is 91.6. The Hall–Kier alpha value is -4.16. The van der Waals surface area contributed by atoms with Gasteiger partial charge >= 0.3 is 0 Å². The van der Waals surface area contributed by atoms with E-state index in [0.29, 0.717) is 19.3 Å². The highest BCUT2D eigenvalue weighted by Crippen LogP contribution is 2.37. The molecule has 33 heteroatoms. The van der Waals surface area contributed by atoms with Gasteiger partial charge in [0.25, 0.3) is 5.91 Å². The van der Waals surface area contributed by atoms with E-state index in [4.69, 9.17) is 32.9 Å². The van der Waals surface area contributed by atoms with E-state index in [2.05, 4.69) is 26.6 Å². The van der Waals surface area contributed by atoms with Crippen molar-refractivity contribution in [1.29, 1.82) is 0 Å². The largest absolute Gasteiger partial charge is 0.394 e. The van der Waals surface area contributed by atoms with Crippen LogP contribution in [-0.2, 0) is 71.1 Å². The standard InChI is InChI=1S/C50H90N7O25P/c1-28(61)53-38-44(71)41(68)32(24-58)80-48(38)76-21-9-6-12-35(65)51-15-17-56(37(67)14-8-11-23-78-50-40(55-30(3)63)46(73)43(70)34(26-60)82-50)19-20-57(47(74)31(64)27-79-83(4,5)75)18-16-52-36(66)13-7-10-22-77-49-39(54-29(2)62)45(72)42(69)33(25-59)81-49/h31-34,38-46,48-50,58-60,64,68-73H,6-27H2,1-5H3,(H,51,65)(H,52,66)(H,53,61)(H,54,62)(H,55,63)/t31?,32?,33?,34?,38?,39?,40?,41-,42-,43-,44+,45+,46+,48+,49+,50+/m0/s1. The van der Waals surface area contributed by atoms with Crippen LogP contribution in [0, 0.1) is 0 Å². The maximum atomic E-state index is 13.9. The van der Waals surface area contributed by atoms with Crippen molar-refractivity contribution in [3.05, 3.63) is 0 Å². The van der Waals surface area contributed by atoms with Gasteiger partial charge in [0.2, 0.25) is 35.4 Å². The Morgan fingerprint density at radius 3 is 1.18 bits per heavy atom. The van der Waals surface area contributed by atoms with Crippen LogP contribution in [0.25, 0.3) is 0 Å². The predicted molar refractivity (Wildman–Crippen MR) is 286 cm³/mol. The number of carbonyl (C=O) groups excluding carboxylic acids is 7. The molecule has 7 amide bonds. The third-order valence-corrected chi connectivity index (χ3v) is 14.3. The summed E-state index contributed by atoms with van der Waals surface area (Å²) in [6.07, 6.45) is -16.7. The van der Waals surface area contributed by atoms with E-state index < -0.39 is 173 Å². The van der Waals surface area contributed by atoms with Crippen LogP contribution >= 0.6 is 7.37 Å². The van der Waals surface area contributed by atoms with Gasteiger partial charge in [0.15, 0.2) is 32.3 Å². The van der Waals surface area contributed by atoms with Crippen molar-refractivity contribution in [2.45, 2.75) is 177 Å². The first-order valence-corrected chi connectivity index (χ1v) is 30.3. The number of hydrogen-bond acceptors (Lipinski definition) is 25. The van der Waals surface area contributed by atoms with Crippen LogP contribution in [0.2, 0.25) is 0 Å². The third kappa shape index (κ3) is 25.4. The van der Waals surface area contributed by atoms with Crippen molar-refractivity contribution < 1.29 is 122 Å². The monoisotopic (exact) mass is 1220 g/mol. The fourth-order valence-electron chi connectivity index (χ4n) is 9.05. The summed E-state index contributed by atoms with van der Waals surface area (Å²) in [5, 5.41) is 115. The lowest BCUT2D eigenvalue weighted by molar-refractivity contribution is -0.270. The number of ether oxygens (including phenoxy) is 6. The minimum Gasteiger partial charge on any atom is -0.394 e. The first kappa shape index (κ1) is 73.1. The summed E-state index contributed by atoms with van der Waals surface area (Å²) in [6, 6.07) is -3.48. The van der Waals surface area contributed by atoms with Crippen molar-refractivity contribution in [2.24, 2.45) is 0 Å². The summed E-state index contributed by atoms with van der Waals surface area (Å²) >= 11 is 0. The van der Waals surface area contributed by atoms with Crippen LogP contribution in [0.3, 0.4) is 0 Å². The smallest absolute Gasteiger partial charge is 0.253 e. The zero-order valence-electron chi connectivity index (χ0n) is 47.7. The molecule has 480 valence electrons. The van der Waals surface area contributed by atoms with Gasteiger partial charge in [0.1, 0.15) is 73.1 Å². The highest BCUT2D eigenvalue weighted by molar-refractivity contribution is 7.57. The second-order valence-corrected chi connectivity index (χ2v) is 23.5. The van der Waals surface area contributed by atoms with E-state index in [1.807, 2.05) is 0 Å². The van der Waals surface area contributed by atoms with Crippen LogP contribution in [0.15, 0.2) is 0 Å². The molecule has 16 atom stereocenters. The minimum absolute atomic E-state index is 0.000445. The fraction of sp³-hybridized carbons (Fsp3) is 0.860. The van der Waals surface area contributed by atoms with Gasteiger partial charge < -0.3 is 120 Å². The summed E-state index contributed by atoms with van der Waals surface area (Å²) < 4.78 is 51.4. The fourth-order valence-corrected chi connectivity index (χ4v) is 9.55. The van der Waals surface area contributed by atoms with Crippen LogP contribution < -0.4 is 26.6 Å². The molecule has 0 aromatic carbocycles. The number of nitrogens with zero attached hydrogens (tertiary/aromatic N) is 2. The number of nitrogens with one attached hydrogen (secondary N) is 5. The number of unbranched alkanes of at least 4 members (excludes halogenated alkanes) is 3. The maximum Gasteiger partial charge on any atom is 0.253 e. The summed E-state index contributed by atoms with van der Waals surface area (Å²) in [6.45, 7) is 2.77. The Bertz CT molecular complexity index is 2070. The molecular formula is C50H90N7O25P. The molecule has 7 unspecified atom stereocenters. The second kappa shape index (κ2) is 37.4. The van der Waals surface area contributed by atoms with Gasteiger partial charge in [-0.05, 0) is 38.5 Å². The molecule has 0 aromatic heterocycles. The van der Waals surface area contributed by atoms with Crippen LogP contribution in [-0.4, -0.2) is 299 Å². The van der Waals surface area contributed by atoms with E-state index in [1.165, 1.54) is 43.9 Å². The van der Waals surface area contributed by atoms with Crippen molar-refractivity contribution in [3.63, 3.8) is 0 Å². The number of aliphatic hydroxyl groups excluding tert-OH is 10. The molecule has 15 N–H and O–H groups in total. The Balaban J connectivity index is 1.65. The van der Waals surface area contributed by atoms with E-state index in [1.54, 1.807) is 0 Å². The average Bonchev–Trinajstić information content (AvgIpc) is 3.60. The molecule has 0 radical (unpaired) electrons. The van der Waals surface area contributed by atoms with E-state index in [9.17, 15) is 89.2 Å². The first-order valence-electron chi connectivity index (χ1n) is 27.7. The topological polar surface area (TPSA) is 470 Å². The summed E-state index contributed by atoms with van der Waals surface area (Å²) in [5.41, 5.74) is 0. The van der Waals surface area contributed by atoms with Gasteiger partial charge in [-0.3, -0.25) is 38.1 Å². The van der Waals surface area contributed by atoms with Crippen molar-refractivity contribution in [1.82, 2.24) is 36.4 Å². The molecule has 32 nitrogen and oxygen atoms in total. The average molecular weight is 1220 g/mol. The van der Waals surface area contributed by atoms with Crippen LogP contribution in [0.1, 0.15) is 78.6 Å². The molecule has 0 aliphatic carbocycles. The van der Waals surface area contributed by atoms with Gasteiger partial charge in [-0.2, -0.15) is 0 Å². The zero-order chi connectivity index (χ0) is 62.0. The summed E-state index contributed by atoms with van der Waals surface area (Å²) in [5.74, 6) is -3.74. The Morgan fingerprint density at radius 1 is 0.506 bits per heavy atom. The van der Waals surface area contributed by atoms with Crippen LogP contribution in [0.4, 0.5) is 0 Å². The number of amides is 7. The van der Waals surface area contributed by atoms with Gasteiger partial charge in [-0.1, -0.05) is 0 Å². The SMILES string of the molecule is CC(=O)NC1[C@H](OCCCCC(=O)NCCN(CCN(CCNC(=O)CCCCO[C@@H]2OC(CO)[C@H](O)[C@H](O)C2NC(C)=O)C(=O)C(O)COP(C)(C)=O)C(=O)CCCCO[C@@H]2OC(CO)[C@H](O)[C@H](O)C2NC(C)=O)OC(CO)[C@H](O)[C@@H]1O. The molecule has 3 aliphatic heterocycles. The van der Waals surface area contributed by atoms with Gasteiger partial charge in [-0.15, -0.1) is 0 Å². The lowest BCUT2D eigenvalue weighted by Crippen LogP contribution is -2.64. The van der Waals surface area contributed by atoms with E-state index in [0.717, 1.165) is 0 Å². The Kier molecular flexibility index (Phi) is 32.9. The third-order valence-electron chi connectivity index (χ3n) is 13.5. The molecule has 3 aliphatic rings. The zero-order valence-corrected chi connectivity index (χ0v) is 48.6. The molecule has 0 aromatic rings. The summed E-state index contributed by atoms with van der Waals surface area (Å²) in [7, 11) is -3.16. The van der Waals surface area contributed by atoms with Gasteiger partial charge in [0, 0.05) is 112 Å². The highest BCUT2D eigenvalue weighted by atomic mass is 31.2. The van der Waals surface area contributed by atoms with Gasteiger partial charge in [-0.25, -0.2) is 0 Å². The van der Waals surface area contributed by atoms with Crippen molar-refractivity contribution in [3.8, 4) is 0 Å². The number of hydrogen-bond donors (Lipinski definition) is 15. The molecule has 0 saturated carbocycles. The Morgan fingerprint density at radius 2 is 0.843 bits per heavy atom. The minimum atomic E-state index is -3.16.